The molecule has 0 aliphatic heterocycles. The lowest BCUT2D eigenvalue weighted by Crippen LogP contribution is -2.07. The zero-order chi connectivity index (χ0) is 19.0. The van der Waals surface area contributed by atoms with E-state index in [2.05, 4.69) is 36.1 Å². The number of hydrogen-bond donors (Lipinski definition) is 3. The second-order valence-electron chi connectivity index (χ2n) is 5.67. The van der Waals surface area contributed by atoms with E-state index in [4.69, 9.17) is 4.42 Å². The molecule has 138 valence electrons. The van der Waals surface area contributed by atoms with Gasteiger partial charge >= 0.3 is 0 Å². The summed E-state index contributed by atoms with van der Waals surface area (Å²) in [5.41, 5.74) is 4.53. The molecule has 2 aromatic heterocycles. The largest absolute Gasteiger partial charge is 0.463 e. The third-order valence-electron chi connectivity index (χ3n) is 3.59. The Bertz CT molecular complexity index is 975. The Kier molecular flexibility index (Phi) is 5.20. The molecule has 2 aromatic carbocycles. The van der Waals surface area contributed by atoms with Gasteiger partial charge in [-0.25, -0.2) is 5.43 Å². The van der Waals surface area contributed by atoms with Gasteiger partial charge in [-0.15, -0.1) is 0 Å². The molecule has 3 N–H and O–H groups in total. The maximum absolute atomic E-state index is 5.21. The van der Waals surface area contributed by atoms with Gasteiger partial charge in [0.1, 0.15) is 5.76 Å². The predicted molar refractivity (Wildman–Crippen MR) is 109 cm³/mol. The fraction of sp³-hybridized carbons (Fsp3) is 0. The van der Waals surface area contributed by atoms with Crippen molar-refractivity contribution in [1.29, 1.82) is 0 Å². The molecule has 8 heteroatoms. The number of nitrogens with one attached hydrogen (secondary N) is 3. The van der Waals surface area contributed by atoms with Crippen molar-refractivity contribution in [2.24, 2.45) is 5.10 Å². The molecule has 0 aliphatic carbocycles. The number of para-hydroxylation sites is 2. The molecule has 0 fully saturated rings. The van der Waals surface area contributed by atoms with Gasteiger partial charge < -0.3 is 15.1 Å². The van der Waals surface area contributed by atoms with E-state index < -0.39 is 0 Å². The van der Waals surface area contributed by atoms with Gasteiger partial charge in [0.15, 0.2) is 0 Å². The number of furan rings is 1. The van der Waals surface area contributed by atoms with Crippen molar-refractivity contribution in [3.8, 4) is 0 Å². The predicted octanol–water partition coefficient (Wildman–Crippen LogP) is 4.40. The van der Waals surface area contributed by atoms with Crippen LogP contribution in [0.15, 0.2) is 88.6 Å². The highest BCUT2D eigenvalue weighted by molar-refractivity contribution is 5.76. The van der Waals surface area contributed by atoms with E-state index >= 15 is 0 Å². The van der Waals surface area contributed by atoms with Gasteiger partial charge in [0, 0.05) is 11.4 Å². The number of rotatable bonds is 7. The van der Waals surface area contributed by atoms with Crippen LogP contribution in [-0.4, -0.2) is 21.2 Å². The van der Waals surface area contributed by atoms with Gasteiger partial charge in [-0.05, 0) is 36.4 Å². The maximum Gasteiger partial charge on any atom is 0.250 e. The standard InChI is InChI=1S/C20H17N7O/c1-3-8-15(9-4-1)22-18-24-19(23-16-10-5-2-6-11-16)26-20(25-18)27-21-14-17-12-7-13-28-17/h1-14H,(H3,22,23,24,25,26,27)/b21-14-. The Balaban J connectivity index is 1.58. The van der Waals surface area contributed by atoms with E-state index in [-0.39, 0.29) is 5.95 Å². The summed E-state index contributed by atoms with van der Waals surface area (Å²) >= 11 is 0. The summed E-state index contributed by atoms with van der Waals surface area (Å²) in [5, 5.41) is 10.4. The molecule has 0 atom stereocenters. The Morgan fingerprint density at radius 1 is 0.679 bits per heavy atom. The first-order valence-electron chi connectivity index (χ1n) is 8.58. The number of nitrogens with zero attached hydrogens (tertiary/aromatic N) is 4. The van der Waals surface area contributed by atoms with E-state index in [9.17, 15) is 0 Å². The first-order chi connectivity index (χ1) is 13.8. The van der Waals surface area contributed by atoms with Crippen molar-refractivity contribution < 1.29 is 4.42 Å². The Morgan fingerprint density at radius 2 is 1.25 bits per heavy atom. The third kappa shape index (κ3) is 4.70. The second kappa shape index (κ2) is 8.45. The Hall–Kier alpha value is -4.20. The number of anilines is 5. The maximum atomic E-state index is 5.21. The Morgan fingerprint density at radius 3 is 1.79 bits per heavy atom. The highest BCUT2D eigenvalue weighted by Crippen LogP contribution is 2.18. The molecule has 0 radical (unpaired) electrons. The molecule has 28 heavy (non-hydrogen) atoms. The van der Waals surface area contributed by atoms with E-state index in [0.717, 1.165) is 11.4 Å². The normalized spacial score (nSPS) is 10.7. The van der Waals surface area contributed by atoms with Crippen molar-refractivity contribution in [1.82, 2.24) is 15.0 Å². The second-order valence-corrected chi connectivity index (χ2v) is 5.67. The zero-order valence-electron chi connectivity index (χ0n) is 14.8. The first-order valence-corrected chi connectivity index (χ1v) is 8.58. The molecule has 0 saturated heterocycles. The monoisotopic (exact) mass is 371 g/mol. The minimum atomic E-state index is 0.287. The first kappa shape index (κ1) is 17.2. The number of aromatic nitrogens is 3. The summed E-state index contributed by atoms with van der Waals surface area (Å²) in [4.78, 5) is 13.1. The van der Waals surface area contributed by atoms with Crippen LogP contribution in [0.2, 0.25) is 0 Å². The van der Waals surface area contributed by atoms with Gasteiger partial charge in [-0.1, -0.05) is 36.4 Å². The molecule has 8 nitrogen and oxygen atoms in total. The van der Waals surface area contributed by atoms with Gasteiger partial charge in [0.05, 0.1) is 12.5 Å². The van der Waals surface area contributed by atoms with E-state index in [0.29, 0.717) is 17.7 Å². The van der Waals surface area contributed by atoms with Crippen LogP contribution in [0.1, 0.15) is 5.76 Å². The molecular weight excluding hydrogens is 354 g/mol. The topological polar surface area (TPSA) is 100 Å². The minimum absolute atomic E-state index is 0.287. The van der Waals surface area contributed by atoms with Gasteiger partial charge in [0.2, 0.25) is 17.8 Å². The molecule has 4 rings (SSSR count). The molecule has 0 saturated carbocycles. The fourth-order valence-electron chi connectivity index (χ4n) is 2.36. The fourth-order valence-corrected chi connectivity index (χ4v) is 2.36. The summed E-state index contributed by atoms with van der Waals surface area (Å²) in [5.74, 6) is 1.67. The van der Waals surface area contributed by atoms with Gasteiger partial charge in [-0.3, -0.25) is 0 Å². The van der Waals surface area contributed by atoms with Crippen LogP contribution in [0, 0.1) is 0 Å². The van der Waals surface area contributed by atoms with Crippen molar-refractivity contribution in [3.63, 3.8) is 0 Å². The summed E-state index contributed by atoms with van der Waals surface area (Å²) in [7, 11) is 0. The summed E-state index contributed by atoms with van der Waals surface area (Å²) < 4.78 is 5.21. The molecule has 0 spiro atoms. The smallest absolute Gasteiger partial charge is 0.250 e. The third-order valence-corrected chi connectivity index (χ3v) is 3.59. The lowest BCUT2D eigenvalue weighted by molar-refractivity contribution is 0.560. The van der Waals surface area contributed by atoms with Gasteiger partial charge in [0.25, 0.3) is 0 Å². The molecule has 2 heterocycles. The van der Waals surface area contributed by atoms with Crippen LogP contribution >= 0.6 is 0 Å². The highest BCUT2D eigenvalue weighted by atomic mass is 16.3. The highest BCUT2D eigenvalue weighted by Gasteiger charge is 2.07. The molecule has 0 aliphatic rings. The average molecular weight is 371 g/mol. The SMILES string of the molecule is C(=N/Nc1nc(Nc2ccccc2)nc(Nc2ccccc2)n1)/c1ccco1. The van der Waals surface area contributed by atoms with Crippen molar-refractivity contribution in [2.45, 2.75) is 0 Å². The van der Waals surface area contributed by atoms with Crippen molar-refractivity contribution in [2.75, 3.05) is 16.1 Å². The molecular formula is C20H17N7O. The molecule has 4 aromatic rings. The van der Waals surface area contributed by atoms with Crippen LogP contribution in [0.5, 0.6) is 0 Å². The summed E-state index contributed by atoms with van der Waals surface area (Å²) in [6.07, 6.45) is 3.12. The molecule has 0 bridgehead atoms. The number of benzene rings is 2. The van der Waals surface area contributed by atoms with Gasteiger partial charge in [-0.2, -0.15) is 20.1 Å². The summed E-state index contributed by atoms with van der Waals surface area (Å²) in [6, 6.07) is 22.9. The summed E-state index contributed by atoms with van der Waals surface area (Å²) in [6.45, 7) is 0. The van der Waals surface area contributed by atoms with Crippen LogP contribution in [0.25, 0.3) is 0 Å². The van der Waals surface area contributed by atoms with Crippen molar-refractivity contribution >= 4 is 35.4 Å². The Labute approximate surface area is 161 Å². The van der Waals surface area contributed by atoms with E-state index in [1.165, 1.54) is 0 Å². The van der Waals surface area contributed by atoms with Crippen molar-refractivity contribution in [3.05, 3.63) is 84.8 Å². The quantitative estimate of drug-likeness (QED) is 0.327. The number of hydrogen-bond acceptors (Lipinski definition) is 8. The minimum Gasteiger partial charge on any atom is -0.463 e. The molecule has 0 unspecified atom stereocenters. The lowest BCUT2D eigenvalue weighted by Gasteiger charge is -2.10. The zero-order valence-corrected chi connectivity index (χ0v) is 14.8. The van der Waals surface area contributed by atoms with Crippen LogP contribution < -0.4 is 16.1 Å². The lowest BCUT2D eigenvalue weighted by atomic mass is 10.3. The van der Waals surface area contributed by atoms with E-state index in [1.54, 1.807) is 24.6 Å². The van der Waals surface area contributed by atoms with Crippen LogP contribution in [0.3, 0.4) is 0 Å². The van der Waals surface area contributed by atoms with Crippen LogP contribution in [-0.2, 0) is 0 Å². The molecule has 0 amide bonds. The average Bonchev–Trinajstić information content (AvgIpc) is 3.23. The van der Waals surface area contributed by atoms with Crippen LogP contribution in [0.4, 0.5) is 29.2 Å². The number of hydrazone groups is 1. The van der Waals surface area contributed by atoms with E-state index in [1.807, 2.05) is 60.7 Å².